The first-order valence-corrected chi connectivity index (χ1v) is 6.28. The van der Waals surface area contributed by atoms with E-state index in [1.807, 2.05) is 6.92 Å². The van der Waals surface area contributed by atoms with Gasteiger partial charge >= 0.3 is 6.01 Å². The molecule has 0 spiro atoms. The minimum absolute atomic E-state index is 0.0756. The Morgan fingerprint density at radius 3 is 2.94 bits per heavy atom. The normalized spacial score (nSPS) is 25.4. The lowest BCUT2D eigenvalue weighted by molar-refractivity contribution is -0.0483. The fourth-order valence-corrected chi connectivity index (χ4v) is 1.79. The minimum Gasteiger partial charge on any atom is -0.461 e. The summed E-state index contributed by atoms with van der Waals surface area (Å²) in [6.07, 6.45) is 3.77. The van der Waals surface area contributed by atoms with Crippen molar-refractivity contribution < 1.29 is 9.47 Å². The van der Waals surface area contributed by atoms with Crippen LogP contribution in [0.3, 0.4) is 0 Å². The van der Waals surface area contributed by atoms with Gasteiger partial charge in [0.05, 0.1) is 6.10 Å². The largest absolute Gasteiger partial charge is 0.461 e. The monoisotopic (exact) mass is 335 g/mol. The molecule has 5 nitrogen and oxygen atoms in total. The minimum atomic E-state index is 0.0756. The van der Waals surface area contributed by atoms with Crippen molar-refractivity contribution in [1.82, 2.24) is 15.3 Å². The summed E-state index contributed by atoms with van der Waals surface area (Å²) in [7, 11) is 0. The summed E-state index contributed by atoms with van der Waals surface area (Å²) < 4.78 is 12.1. The Hall–Kier alpha value is -0.470. The van der Waals surface area contributed by atoms with Crippen LogP contribution in [0.15, 0.2) is 12.4 Å². The van der Waals surface area contributed by atoms with E-state index < -0.39 is 0 Å². The van der Waals surface area contributed by atoms with Gasteiger partial charge in [-0.25, -0.2) is 9.97 Å². The summed E-state index contributed by atoms with van der Waals surface area (Å²) >= 11 is 2.16. The van der Waals surface area contributed by atoms with Crippen LogP contribution < -0.4 is 10.1 Å². The molecular formula is C10H14IN3O2. The van der Waals surface area contributed by atoms with Crippen LogP contribution in [0.2, 0.25) is 0 Å². The maximum atomic E-state index is 5.69. The molecule has 88 valence electrons. The first kappa shape index (κ1) is 12.0. The number of nitrogens with zero attached hydrogens (tertiary/aromatic N) is 2. The number of ether oxygens (including phenoxy) is 2. The second-order valence-corrected chi connectivity index (χ2v) is 4.97. The van der Waals surface area contributed by atoms with Gasteiger partial charge in [0.1, 0.15) is 12.7 Å². The van der Waals surface area contributed by atoms with E-state index >= 15 is 0 Å². The maximum absolute atomic E-state index is 5.69. The summed E-state index contributed by atoms with van der Waals surface area (Å²) in [5.41, 5.74) is 0. The van der Waals surface area contributed by atoms with Crippen LogP contribution >= 0.6 is 22.6 Å². The molecule has 1 N–H and O–H groups in total. The Bertz CT molecular complexity index is 333. The van der Waals surface area contributed by atoms with E-state index in [0.29, 0.717) is 12.6 Å². The van der Waals surface area contributed by atoms with Crippen LogP contribution in [-0.2, 0) is 4.74 Å². The Labute approximate surface area is 108 Å². The molecule has 0 radical (unpaired) electrons. The third kappa shape index (κ3) is 3.53. The molecule has 0 bridgehead atoms. The van der Waals surface area contributed by atoms with Crippen LogP contribution in [0.5, 0.6) is 6.01 Å². The SMILES string of the molecule is CC1CNCC(COc2ncc(I)cn2)O1. The topological polar surface area (TPSA) is 56.3 Å². The lowest BCUT2D eigenvalue weighted by atomic mass is 10.2. The molecule has 1 saturated heterocycles. The summed E-state index contributed by atoms with van der Waals surface area (Å²) in [5.74, 6) is 0. The highest BCUT2D eigenvalue weighted by Gasteiger charge is 2.19. The molecule has 1 aromatic heterocycles. The van der Waals surface area contributed by atoms with Gasteiger partial charge in [-0.15, -0.1) is 0 Å². The van der Waals surface area contributed by atoms with Gasteiger partial charge in [0.25, 0.3) is 0 Å². The number of nitrogens with one attached hydrogen (secondary N) is 1. The predicted molar refractivity (Wildman–Crippen MR) is 67.4 cm³/mol. The average molecular weight is 335 g/mol. The van der Waals surface area contributed by atoms with Crippen LogP contribution in [0.1, 0.15) is 6.92 Å². The standard InChI is InChI=1S/C10H14IN3O2/c1-7-2-12-5-9(16-7)6-15-10-13-3-8(11)4-14-10/h3-4,7,9,12H,2,5-6H2,1H3. The number of morpholine rings is 1. The zero-order chi connectivity index (χ0) is 11.4. The fourth-order valence-electron chi connectivity index (χ4n) is 1.51. The van der Waals surface area contributed by atoms with Gasteiger partial charge in [-0.05, 0) is 29.5 Å². The molecule has 2 atom stereocenters. The molecule has 1 fully saturated rings. The lowest BCUT2D eigenvalue weighted by Gasteiger charge is -2.28. The van der Waals surface area contributed by atoms with Crippen LogP contribution in [0, 0.1) is 3.57 Å². The number of rotatable bonds is 3. The van der Waals surface area contributed by atoms with Gasteiger partial charge < -0.3 is 14.8 Å². The summed E-state index contributed by atoms with van der Waals surface area (Å²) in [5, 5.41) is 3.28. The van der Waals surface area contributed by atoms with Gasteiger partial charge in [0.2, 0.25) is 0 Å². The summed E-state index contributed by atoms with van der Waals surface area (Å²) in [4.78, 5) is 8.13. The van der Waals surface area contributed by atoms with Crippen molar-refractivity contribution in [2.45, 2.75) is 19.1 Å². The fraction of sp³-hybridized carbons (Fsp3) is 0.600. The van der Waals surface area contributed by atoms with Crippen LogP contribution in [0.4, 0.5) is 0 Å². The first-order chi connectivity index (χ1) is 7.74. The Kier molecular flexibility index (Phi) is 4.30. The molecule has 6 heteroatoms. The summed E-state index contributed by atoms with van der Waals surface area (Å²) in [6, 6.07) is 0.405. The molecule has 0 saturated carbocycles. The van der Waals surface area contributed by atoms with Crippen molar-refractivity contribution in [3.8, 4) is 6.01 Å². The summed E-state index contributed by atoms with van der Waals surface area (Å²) in [6.45, 7) is 4.24. The van der Waals surface area contributed by atoms with E-state index in [2.05, 4.69) is 37.9 Å². The van der Waals surface area contributed by atoms with Gasteiger partial charge in [0, 0.05) is 29.1 Å². The van der Waals surface area contributed by atoms with Crippen molar-refractivity contribution in [3.63, 3.8) is 0 Å². The van der Waals surface area contributed by atoms with Gasteiger partial charge in [0.15, 0.2) is 0 Å². The average Bonchev–Trinajstić information content (AvgIpc) is 2.28. The van der Waals surface area contributed by atoms with Crippen LogP contribution in [0.25, 0.3) is 0 Å². The highest BCUT2D eigenvalue weighted by molar-refractivity contribution is 14.1. The molecule has 2 unspecified atom stereocenters. The highest BCUT2D eigenvalue weighted by Crippen LogP contribution is 2.07. The second-order valence-electron chi connectivity index (χ2n) is 3.72. The van der Waals surface area contributed by atoms with E-state index in [1.54, 1.807) is 12.4 Å². The quantitative estimate of drug-likeness (QED) is 0.830. The third-order valence-corrected chi connectivity index (χ3v) is 2.78. The highest BCUT2D eigenvalue weighted by atomic mass is 127. The number of hydrogen-bond acceptors (Lipinski definition) is 5. The second kappa shape index (κ2) is 5.74. The Morgan fingerprint density at radius 1 is 1.50 bits per heavy atom. The molecule has 1 aliphatic rings. The molecule has 1 aliphatic heterocycles. The molecule has 0 aromatic carbocycles. The molecule has 0 aliphatic carbocycles. The maximum Gasteiger partial charge on any atom is 0.316 e. The van der Waals surface area contributed by atoms with Crippen molar-refractivity contribution in [1.29, 1.82) is 0 Å². The lowest BCUT2D eigenvalue weighted by Crippen LogP contribution is -2.45. The van der Waals surface area contributed by atoms with Crippen molar-refractivity contribution in [2.75, 3.05) is 19.7 Å². The third-order valence-electron chi connectivity index (χ3n) is 2.22. The zero-order valence-corrected chi connectivity index (χ0v) is 11.2. The van der Waals surface area contributed by atoms with Crippen molar-refractivity contribution >= 4 is 22.6 Å². The van der Waals surface area contributed by atoms with E-state index in [1.165, 1.54) is 0 Å². The van der Waals surface area contributed by atoms with E-state index in [4.69, 9.17) is 9.47 Å². The number of halogens is 1. The van der Waals surface area contributed by atoms with E-state index in [-0.39, 0.29) is 12.2 Å². The zero-order valence-electron chi connectivity index (χ0n) is 9.02. The molecule has 2 rings (SSSR count). The van der Waals surface area contributed by atoms with Gasteiger partial charge in [-0.1, -0.05) is 0 Å². The number of aromatic nitrogens is 2. The molecule has 16 heavy (non-hydrogen) atoms. The van der Waals surface area contributed by atoms with Crippen molar-refractivity contribution in [2.24, 2.45) is 0 Å². The van der Waals surface area contributed by atoms with Crippen molar-refractivity contribution in [3.05, 3.63) is 16.0 Å². The van der Waals surface area contributed by atoms with Gasteiger partial charge in [-0.3, -0.25) is 0 Å². The van der Waals surface area contributed by atoms with E-state index in [0.717, 1.165) is 16.7 Å². The Balaban J connectivity index is 1.80. The molecule has 2 heterocycles. The Morgan fingerprint density at radius 2 is 2.25 bits per heavy atom. The van der Waals surface area contributed by atoms with Crippen LogP contribution in [-0.4, -0.2) is 41.9 Å². The smallest absolute Gasteiger partial charge is 0.316 e. The van der Waals surface area contributed by atoms with Gasteiger partial charge in [-0.2, -0.15) is 0 Å². The first-order valence-electron chi connectivity index (χ1n) is 5.20. The van der Waals surface area contributed by atoms with E-state index in [9.17, 15) is 0 Å². The predicted octanol–water partition coefficient (Wildman–Crippen LogP) is 0.837. The molecular weight excluding hydrogens is 321 g/mol. The molecule has 0 amide bonds. The number of hydrogen-bond donors (Lipinski definition) is 1. The molecule has 1 aromatic rings.